The first-order valence-corrected chi connectivity index (χ1v) is 10.1. The summed E-state index contributed by atoms with van der Waals surface area (Å²) in [4.78, 5) is 42.4. The van der Waals surface area contributed by atoms with Crippen LogP contribution in [-0.4, -0.2) is 38.2 Å². The topological polar surface area (TPSA) is 84.3 Å². The highest BCUT2D eigenvalue weighted by Crippen LogP contribution is 2.36. The third-order valence-corrected chi connectivity index (χ3v) is 5.93. The zero-order valence-corrected chi connectivity index (χ0v) is 17.1. The van der Waals surface area contributed by atoms with E-state index in [1.54, 1.807) is 29.8 Å². The number of imidazole rings is 1. The number of hydrogen-bond donors (Lipinski definition) is 1. The number of nitrogens with one attached hydrogen (secondary N) is 1. The van der Waals surface area contributed by atoms with Gasteiger partial charge in [0.2, 0.25) is 11.8 Å². The maximum absolute atomic E-state index is 14.5. The number of nitrogens with zero attached hydrogens (tertiary/aromatic N) is 3. The summed E-state index contributed by atoms with van der Waals surface area (Å²) in [6.07, 6.45) is 1.92. The fourth-order valence-electron chi connectivity index (χ4n) is 4.38. The second kappa shape index (κ2) is 7.37. The first-order chi connectivity index (χ1) is 15.3. The quantitative estimate of drug-likeness (QED) is 0.640. The molecule has 2 aliphatic heterocycles. The predicted molar refractivity (Wildman–Crippen MR) is 110 cm³/mol. The maximum atomic E-state index is 14.5. The van der Waals surface area contributed by atoms with Gasteiger partial charge < -0.3 is 9.47 Å². The van der Waals surface area contributed by atoms with Gasteiger partial charge in [-0.25, -0.2) is 13.8 Å². The number of fused-ring (bicyclic) bond motifs is 1. The van der Waals surface area contributed by atoms with Crippen molar-refractivity contribution in [3.63, 3.8) is 0 Å². The number of benzene rings is 2. The molecule has 0 radical (unpaired) electrons. The van der Waals surface area contributed by atoms with E-state index in [1.807, 2.05) is 0 Å². The van der Waals surface area contributed by atoms with E-state index in [4.69, 9.17) is 0 Å². The lowest BCUT2D eigenvalue weighted by Gasteiger charge is -2.29. The van der Waals surface area contributed by atoms with Crippen LogP contribution in [0.15, 0.2) is 42.7 Å². The average molecular weight is 436 g/mol. The first-order valence-electron chi connectivity index (χ1n) is 10.1. The molecular weight excluding hydrogens is 418 g/mol. The van der Waals surface area contributed by atoms with Crippen LogP contribution >= 0.6 is 0 Å². The number of rotatable bonds is 3. The van der Waals surface area contributed by atoms with Crippen LogP contribution in [0.4, 0.5) is 8.78 Å². The van der Waals surface area contributed by atoms with Gasteiger partial charge in [-0.1, -0.05) is 12.1 Å². The largest absolute Gasteiger partial charge is 0.333 e. The van der Waals surface area contributed by atoms with Crippen LogP contribution in [0.2, 0.25) is 0 Å². The second-order valence-corrected chi connectivity index (χ2v) is 7.92. The van der Waals surface area contributed by atoms with E-state index in [2.05, 4.69) is 10.3 Å². The lowest BCUT2D eigenvalue weighted by atomic mass is 10.00. The summed E-state index contributed by atoms with van der Waals surface area (Å²) in [5, 5.41) is 2.27. The van der Waals surface area contributed by atoms with Gasteiger partial charge in [0.15, 0.2) is 0 Å². The van der Waals surface area contributed by atoms with Crippen LogP contribution in [-0.2, 0) is 23.2 Å². The van der Waals surface area contributed by atoms with E-state index in [0.29, 0.717) is 22.4 Å². The highest BCUT2D eigenvalue weighted by atomic mass is 19.1. The third kappa shape index (κ3) is 3.08. The zero-order chi connectivity index (χ0) is 22.6. The van der Waals surface area contributed by atoms with Crippen LogP contribution in [0.3, 0.4) is 0 Å². The summed E-state index contributed by atoms with van der Waals surface area (Å²) >= 11 is 0. The second-order valence-electron chi connectivity index (χ2n) is 7.92. The van der Waals surface area contributed by atoms with Crippen molar-refractivity contribution in [3.8, 4) is 22.5 Å². The summed E-state index contributed by atoms with van der Waals surface area (Å²) in [5.74, 6) is -2.52. The Bertz CT molecular complexity index is 1280. The number of piperidine rings is 1. The minimum absolute atomic E-state index is 0.174. The fraction of sp³-hybridized carbons (Fsp3) is 0.217. The Morgan fingerprint density at radius 2 is 1.84 bits per heavy atom. The maximum Gasteiger partial charge on any atom is 0.255 e. The average Bonchev–Trinajstić information content (AvgIpc) is 3.28. The molecule has 32 heavy (non-hydrogen) atoms. The molecule has 1 fully saturated rings. The Hall–Kier alpha value is -3.88. The van der Waals surface area contributed by atoms with Crippen molar-refractivity contribution in [1.82, 2.24) is 19.8 Å². The molecule has 0 aliphatic carbocycles. The summed E-state index contributed by atoms with van der Waals surface area (Å²) in [6, 6.07) is 8.03. The van der Waals surface area contributed by atoms with E-state index in [-0.39, 0.29) is 42.5 Å². The molecule has 7 nitrogen and oxygen atoms in total. The molecule has 3 heterocycles. The van der Waals surface area contributed by atoms with Crippen molar-refractivity contribution < 1.29 is 23.2 Å². The van der Waals surface area contributed by atoms with Crippen LogP contribution in [0.25, 0.3) is 22.5 Å². The highest BCUT2D eigenvalue weighted by molar-refractivity contribution is 6.05. The van der Waals surface area contributed by atoms with Crippen LogP contribution in [0.5, 0.6) is 0 Å². The molecule has 1 unspecified atom stereocenters. The zero-order valence-electron chi connectivity index (χ0n) is 17.1. The van der Waals surface area contributed by atoms with Crippen molar-refractivity contribution in [1.29, 1.82) is 0 Å². The molecule has 1 saturated heterocycles. The molecule has 0 bridgehead atoms. The van der Waals surface area contributed by atoms with E-state index in [9.17, 15) is 23.2 Å². The van der Waals surface area contributed by atoms with Crippen molar-refractivity contribution >= 4 is 17.7 Å². The third-order valence-electron chi connectivity index (χ3n) is 5.93. The Balaban J connectivity index is 1.52. The van der Waals surface area contributed by atoms with Crippen molar-refractivity contribution in [2.45, 2.75) is 25.4 Å². The monoisotopic (exact) mass is 436 g/mol. The SMILES string of the molecule is Cn1cnc(-c2ccc3c(c2)CN(C2CCC(=O)NC2=O)C3=O)c1-c1c(F)cccc1F. The van der Waals surface area contributed by atoms with E-state index < -0.39 is 23.6 Å². The Kier molecular flexibility index (Phi) is 4.61. The molecular formula is C23H18F2N4O3. The van der Waals surface area contributed by atoms with Gasteiger partial charge in [0.25, 0.3) is 5.91 Å². The predicted octanol–water partition coefficient (Wildman–Crippen LogP) is 2.79. The van der Waals surface area contributed by atoms with E-state index in [0.717, 1.165) is 0 Å². The molecule has 3 aromatic rings. The van der Waals surface area contributed by atoms with E-state index >= 15 is 0 Å². The molecule has 3 amide bonds. The highest BCUT2D eigenvalue weighted by Gasteiger charge is 2.39. The number of carbonyl (C=O) groups is 3. The molecule has 2 aromatic carbocycles. The molecule has 1 atom stereocenters. The van der Waals surface area contributed by atoms with Gasteiger partial charge in [-0.3, -0.25) is 19.7 Å². The van der Waals surface area contributed by atoms with Crippen LogP contribution in [0, 0.1) is 11.6 Å². The van der Waals surface area contributed by atoms with Crippen LogP contribution < -0.4 is 5.32 Å². The molecule has 5 rings (SSSR count). The lowest BCUT2D eigenvalue weighted by molar-refractivity contribution is -0.136. The summed E-state index contributed by atoms with van der Waals surface area (Å²) in [7, 11) is 1.65. The number of carbonyl (C=O) groups excluding carboxylic acids is 3. The fourth-order valence-corrected chi connectivity index (χ4v) is 4.38. The molecule has 1 N–H and O–H groups in total. The minimum Gasteiger partial charge on any atom is -0.333 e. The Morgan fingerprint density at radius 3 is 2.56 bits per heavy atom. The minimum atomic E-state index is -0.714. The van der Waals surface area contributed by atoms with Gasteiger partial charge in [-0.15, -0.1) is 0 Å². The molecule has 1 aromatic heterocycles. The smallest absolute Gasteiger partial charge is 0.255 e. The Labute approximate surface area is 181 Å². The lowest BCUT2D eigenvalue weighted by Crippen LogP contribution is -2.52. The summed E-state index contributed by atoms with van der Waals surface area (Å²) in [5.41, 5.74) is 2.22. The summed E-state index contributed by atoms with van der Waals surface area (Å²) in [6.45, 7) is 0.199. The van der Waals surface area contributed by atoms with Gasteiger partial charge in [-0.05, 0) is 36.2 Å². The molecule has 2 aliphatic rings. The first kappa shape index (κ1) is 20.0. The number of amides is 3. The van der Waals surface area contributed by atoms with Crippen molar-refractivity contribution in [2.75, 3.05) is 0 Å². The van der Waals surface area contributed by atoms with E-state index in [1.165, 1.54) is 29.4 Å². The number of halogens is 2. The Morgan fingerprint density at radius 1 is 1.09 bits per heavy atom. The number of imide groups is 1. The van der Waals surface area contributed by atoms with Gasteiger partial charge in [0, 0.05) is 31.1 Å². The van der Waals surface area contributed by atoms with Crippen LogP contribution in [0.1, 0.15) is 28.8 Å². The number of aryl methyl sites for hydroxylation is 1. The molecule has 0 saturated carbocycles. The molecule has 162 valence electrons. The van der Waals surface area contributed by atoms with Gasteiger partial charge in [-0.2, -0.15) is 0 Å². The molecule has 0 spiro atoms. The van der Waals surface area contributed by atoms with Gasteiger partial charge in [0.05, 0.1) is 23.3 Å². The normalized spacial score (nSPS) is 18.2. The summed E-state index contributed by atoms with van der Waals surface area (Å²) < 4.78 is 30.5. The number of aromatic nitrogens is 2. The molecule has 9 heteroatoms. The number of hydrogen-bond acceptors (Lipinski definition) is 4. The van der Waals surface area contributed by atoms with Gasteiger partial charge in [0.1, 0.15) is 17.7 Å². The van der Waals surface area contributed by atoms with Crippen molar-refractivity contribution in [2.24, 2.45) is 7.05 Å². The van der Waals surface area contributed by atoms with Gasteiger partial charge >= 0.3 is 0 Å². The van der Waals surface area contributed by atoms with Crippen molar-refractivity contribution in [3.05, 3.63) is 65.5 Å². The standard InChI is InChI=1S/C23H18F2N4O3/c1-28-11-26-20(21(28)19-15(24)3-2-4-16(19)25)12-5-6-14-13(9-12)10-29(23(14)32)17-7-8-18(30)27-22(17)31/h2-6,9,11,17H,7-8,10H2,1H3,(H,27,30,31).